The molecule has 0 atom stereocenters. The van der Waals surface area contributed by atoms with E-state index in [1.54, 1.807) is 12.4 Å². The molecular formula is C12H21N3. The molecule has 0 spiro atoms. The fraction of sp³-hybridized carbons (Fsp3) is 0.667. The number of hydrogen-bond acceptors (Lipinski definition) is 3. The average molecular weight is 207 g/mol. The molecule has 3 nitrogen and oxygen atoms in total. The van der Waals surface area contributed by atoms with Crippen LogP contribution in [0.15, 0.2) is 18.6 Å². The molecule has 1 heterocycles. The zero-order valence-corrected chi connectivity index (χ0v) is 9.58. The van der Waals surface area contributed by atoms with Crippen molar-refractivity contribution in [3.63, 3.8) is 0 Å². The molecule has 84 valence electrons. The van der Waals surface area contributed by atoms with Crippen molar-refractivity contribution in [3.8, 4) is 0 Å². The molecule has 1 N–H and O–H groups in total. The van der Waals surface area contributed by atoms with Crippen LogP contribution in [-0.4, -0.2) is 16.5 Å². The van der Waals surface area contributed by atoms with Crippen molar-refractivity contribution in [1.29, 1.82) is 0 Å². The van der Waals surface area contributed by atoms with Crippen LogP contribution in [0.3, 0.4) is 0 Å². The smallest absolute Gasteiger partial charge is 0.0724 e. The lowest BCUT2D eigenvalue weighted by atomic mass is 10.1. The summed E-state index contributed by atoms with van der Waals surface area (Å²) in [6.07, 6.45) is 11.9. The summed E-state index contributed by atoms with van der Waals surface area (Å²) in [5, 5.41) is 3.38. The summed E-state index contributed by atoms with van der Waals surface area (Å²) in [7, 11) is 0. The molecule has 1 aromatic rings. The summed E-state index contributed by atoms with van der Waals surface area (Å²) in [4.78, 5) is 8.22. The van der Waals surface area contributed by atoms with Gasteiger partial charge in [0.1, 0.15) is 0 Å². The van der Waals surface area contributed by atoms with Gasteiger partial charge in [0.05, 0.1) is 5.69 Å². The Bertz CT molecular complexity index is 236. The quantitative estimate of drug-likeness (QED) is 0.666. The van der Waals surface area contributed by atoms with Crippen molar-refractivity contribution in [2.75, 3.05) is 6.54 Å². The third kappa shape index (κ3) is 6.18. The van der Waals surface area contributed by atoms with Gasteiger partial charge in [-0.15, -0.1) is 0 Å². The molecule has 1 aromatic heterocycles. The second-order valence-electron chi connectivity index (χ2n) is 3.79. The molecule has 0 bridgehead atoms. The highest BCUT2D eigenvalue weighted by Crippen LogP contribution is 2.01. The first-order valence-electron chi connectivity index (χ1n) is 5.89. The molecule has 0 saturated carbocycles. The first-order valence-corrected chi connectivity index (χ1v) is 5.89. The van der Waals surface area contributed by atoms with Crippen molar-refractivity contribution in [1.82, 2.24) is 15.3 Å². The van der Waals surface area contributed by atoms with Gasteiger partial charge in [0.25, 0.3) is 0 Å². The number of aromatic nitrogens is 2. The zero-order chi connectivity index (χ0) is 10.8. The van der Waals surface area contributed by atoms with E-state index >= 15 is 0 Å². The van der Waals surface area contributed by atoms with Gasteiger partial charge in [-0.1, -0.05) is 32.6 Å². The van der Waals surface area contributed by atoms with Gasteiger partial charge in [0.2, 0.25) is 0 Å². The van der Waals surface area contributed by atoms with Gasteiger partial charge in [-0.3, -0.25) is 9.97 Å². The van der Waals surface area contributed by atoms with Crippen LogP contribution in [0.2, 0.25) is 0 Å². The molecule has 0 saturated heterocycles. The second kappa shape index (κ2) is 8.36. The van der Waals surface area contributed by atoms with Crippen LogP contribution in [0.4, 0.5) is 0 Å². The molecule has 1 rings (SSSR count). The van der Waals surface area contributed by atoms with Crippen LogP contribution in [0.5, 0.6) is 0 Å². The summed E-state index contributed by atoms with van der Waals surface area (Å²) in [5.41, 5.74) is 1.02. The summed E-state index contributed by atoms with van der Waals surface area (Å²) in [6, 6.07) is 0. The minimum atomic E-state index is 0.835. The van der Waals surface area contributed by atoms with E-state index in [-0.39, 0.29) is 0 Å². The molecule has 15 heavy (non-hydrogen) atoms. The molecule has 0 aromatic carbocycles. The van der Waals surface area contributed by atoms with Gasteiger partial charge in [-0.2, -0.15) is 0 Å². The van der Waals surface area contributed by atoms with Crippen LogP contribution in [0.25, 0.3) is 0 Å². The first kappa shape index (κ1) is 12.1. The van der Waals surface area contributed by atoms with E-state index in [0.717, 1.165) is 18.8 Å². The van der Waals surface area contributed by atoms with Crippen molar-refractivity contribution in [2.24, 2.45) is 0 Å². The lowest BCUT2D eigenvalue weighted by molar-refractivity contribution is 0.579. The van der Waals surface area contributed by atoms with E-state index in [1.165, 1.54) is 32.1 Å². The molecule has 0 radical (unpaired) electrons. The SMILES string of the molecule is CCCCCCCNCc1cnccn1. The molecule has 0 aliphatic rings. The number of nitrogens with zero attached hydrogens (tertiary/aromatic N) is 2. The van der Waals surface area contributed by atoms with Gasteiger partial charge < -0.3 is 5.32 Å². The van der Waals surface area contributed by atoms with Crippen LogP contribution < -0.4 is 5.32 Å². The Balaban J connectivity index is 1.93. The van der Waals surface area contributed by atoms with E-state index < -0.39 is 0 Å². The predicted octanol–water partition coefficient (Wildman–Crippen LogP) is 2.54. The highest BCUT2D eigenvalue weighted by atomic mass is 14.9. The highest BCUT2D eigenvalue weighted by molar-refractivity contribution is 4.93. The van der Waals surface area contributed by atoms with Gasteiger partial charge >= 0.3 is 0 Å². The molecule has 0 fully saturated rings. The zero-order valence-electron chi connectivity index (χ0n) is 9.58. The monoisotopic (exact) mass is 207 g/mol. The van der Waals surface area contributed by atoms with Crippen molar-refractivity contribution in [2.45, 2.75) is 45.6 Å². The fourth-order valence-corrected chi connectivity index (χ4v) is 1.49. The number of unbranched alkanes of at least 4 members (excludes halogenated alkanes) is 4. The average Bonchev–Trinajstić information content (AvgIpc) is 2.29. The normalized spacial score (nSPS) is 10.5. The predicted molar refractivity (Wildman–Crippen MR) is 62.5 cm³/mol. The first-order chi connectivity index (χ1) is 7.43. The van der Waals surface area contributed by atoms with E-state index in [0.29, 0.717) is 0 Å². The largest absolute Gasteiger partial charge is 0.311 e. The third-order valence-corrected chi connectivity index (χ3v) is 2.38. The van der Waals surface area contributed by atoms with Gasteiger partial charge in [0, 0.05) is 25.1 Å². The molecule has 0 aliphatic heterocycles. The Morgan fingerprint density at radius 3 is 2.73 bits per heavy atom. The summed E-state index contributed by atoms with van der Waals surface area (Å²) in [5.74, 6) is 0. The maximum Gasteiger partial charge on any atom is 0.0724 e. The van der Waals surface area contributed by atoms with Gasteiger partial charge in [-0.05, 0) is 13.0 Å². The van der Waals surface area contributed by atoms with E-state index in [4.69, 9.17) is 0 Å². The standard InChI is InChI=1S/C12H21N3/c1-2-3-4-5-6-7-13-10-12-11-14-8-9-15-12/h8-9,11,13H,2-7,10H2,1H3. The molecule has 0 aliphatic carbocycles. The second-order valence-corrected chi connectivity index (χ2v) is 3.79. The van der Waals surface area contributed by atoms with E-state index in [1.807, 2.05) is 6.20 Å². The Morgan fingerprint density at radius 2 is 2.00 bits per heavy atom. The van der Waals surface area contributed by atoms with Crippen LogP contribution in [0.1, 0.15) is 44.7 Å². The molecule has 0 amide bonds. The van der Waals surface area contributed by atoms with Crippen molar-refractivity contribution < 1.29 is 0 Å². The maximum atomic E-state index is 4.20. The summed E-state index contributed by atoms with van der Waals surface area (Å²) < 4.78 is 0. The Labute approximate surface area is 92.3 Å². The summed E-state index contributed by atoms with van der Waals surface area (Å²) >= 11 is 0. The van der Waals surface area contributed by atoms with Gasteiger partial charge in [-0.25, -0.2) is 0 Å². The summed E-state index contributed by atoms with van der Waals surface area (Å²) in [6.45, 7) is 4.16. The van der Waals surface area contributed by atoms with Crippen LogP contribution >= 0.6 is 0 Å². The highest BCUT2D eigenvalue weighted by Gasteiger charge is 1.92. The lowest BCUT2D eigenvalue weighted by Gasteiger charge is -2.03. The Kier molecular flexibility index (Phi) is 6.75. The minimum Gasteiger partial charge on any atom is -0.311 e. The maximum absolute atomic E-state index is 4.20. The fourth-order valence-electron chi connectivity index (χ4n) is 1.49. The van der Waals surface area contributed by atoms with E-state index in [2.05, 4.69) is 22.2 Å². The number of rotatable bonds is 8. The van der Waals surface area contributed by atoms with E-state index in [9.17, 15) is 0 Å². The Hall–Kier alpha value is -0.960. The molecular weight excluding hydrogens is 186 g/mol. The van der Waals surface area contributed by atoms with Gasteiger partial charge in [0.15, 0.2) is 0 Å². The topological polar surface area (TPSA) is 37.8 Å². The third-order valence-electron chi connectivity index (χ3n) is 2.38. The van der Waals surface area contributed by atoms with Crippen molar-refractivity contribution >= 4 is 0 Å². The lowest BCUT2D eigenvalue weighted by Crippen LogP contribution is -2.15. The molecule has 0 unspecified atom stereocenters. The van der Waals surface area contributed by atoms with Crippen LogP contribution in [-0.2, 0) is 6.54 Å². The van der Waals surface area contributed by atoms with Crippen LogP contribution in [0, 0.1) is 0 Å². The Morgan fingerprint density at radius 1 is 1.13 bits per heavy atom. The number of hydrogen-bond donors (Lipinski definition) is 1. The van der Waals surface area contributed by atoms with Crippen molar-refractivity contribution in [3.05, 3.63) is 24.3 Å². The minimum absolute atomic E-state index is 0.835. The molecule has 3 heteroatoms. The number of nitrogens with one attached hydrogen (secondary N) is 1.